The first-order chi connectivity index (χ1) is 6.72. The highest BCUT2D eigenvalue weighted by atomic mass is 16.2. The summed E-state index contributed by atoms with van der Waals surface area (Å²) in [5, 5.41) is 0. The normalized spacial score (nSPS) is 11.8. The predicted octanol–water partition coefficient (Wildman–Crippen LogP) is 2.62. The molecule has 0 spiro atoms. The molecule has 0 N–H and O–H groups in total. The number of hydrogen-bond acceptors (Lipinski definition) is 2. The van der Waals surface area contributed by atoms with Gasteiger partial charge in [0.15, 0.2) is 0 Å². The predicted molar refractivity (Wildman–Crippen MR) is 61.0 cm³/mol. The molecule has 14 heavy (non-hydrogen) atoms. The number of likely N-dealkylation sites (N-methyl/N-ethyl adjacent to an activating group) is 1. The Morgan fingerprint density at radius 1 is 0.786 bits per heavy atom. The summed E-state index contributed by atoms with van der Waals surface area (Å²) in [4.78, 5) is 21.9. The van der Waals surface area contributed by atoms with Crippen molar-refractivity contribution >= 4 is 11.8 Å². The Labute approximate surface area is 87.8 Å². The molecule has 0 aromatic rings. The fraction of sp³-hybridized carbons (Fsp3) is 0.636. The van der Waals surface area contributed by atoms with Crippen LogP contribution in [0.25, 0.3) is 0 Å². The number of carbonyl (C=O) groups is 2. The van der Waals surface area contributed by atoms with Crippen LogP contribution in [0.1, 0.15) is 41.5 Å². The van der Waals surface area contributed by atoms with Crippen LogP contribution in [-0.2, 0) is 9.59 Å². The van der Waals surface area contributed by atoms with E-state index in [4.69, 9.17) is 0 Å². The van der Waals surface area contributed by atoms with Crippen LogP contribution in [0.3, 0.4) is 0 Å². The monoisotopic (exact) mass is 201 g/mol. The van der Waals surface area contributed by atoms with Gasteiger partial charge in [0.2, 0.25) is 0 Å². The summed E-state index contributed by atoms with van der Waals surface area (Å²) in [6.07, 6.45) is 2.50. The summed E-state index contributed by atoms with van der Waals surface area (Å²) in [5.41, 5.74) is 0. The van der Waals surface area contributed by atoms with Gasteiger partial charge in [-0.15, -0.1) is 0 Å². The minimum atomic E-state index is -0.241. The molecule has 2 amide bonds. The first kappa shape index (κ1) is 18.6. The number of nitrogens with zero attached hydrogens (tertiary/aromatic N) is 1. The van der Waals surface area contributed by atoms with Gasteiger partial charge in [-0.05, 0) is 0 Å². The molecule has 1 aliphatic rings. The summed E-state index contributed by atoms with van der Waals surface area (Å²) in [5.74, 6) is -0.481. The van der Waals surface area contributed by atoms with Gasteiger partial charge in [0.25, 0.3) is 11.8 Å². The van der Waals surface area contributed by atoms with Gasteiger partial charge in [-0.1, -0.05) is 41.5 Å². The molecule has 0 saturated heterocycles. The van der Waals surface area contributed by atoms with Crippen LogP contribution >= 0.6 is 0 Å². The highest BCUT2D eigenvalue weighted by molar-refractivity contribution is 6.12. The van der Waals surface area contributed by atoms with Crippen LogP contribution in [0.2, 0.25) is 0 Å². The van der Waals surface area contributed by atoms with Crippen molar-refractivity contribution in [2.45, 2.75) is 41.5 Å². The number of amides is 2. The SMILES string of the molecule is CC.CC.CC.CN1C(=O)C=CC1=O. The zero-order valence-electron chi connectivity index (χ0n) is 10.4. The van der Waals surface area contributed by atoms with Crippen LogP contribution in [0.5, 0.6) is 0 Å². The second-order valence-electron chi connectivity index (χ2n) is 1.57. The molecule has 3 heteroatoms. The number of rotatable bonds is 0. The van der Waals surface area contributed by atoms with Crippen LogP contribution in [-0.4, -0.2) is 23.8 Å². The summed E-state index contributed by atoms with van der Waals surface area (Å²) in [6, 6.07) is 0. The van der Waals surface area contributed by atoms with E-state index in [-0.39, 0.29) is 11.8 Å². The van der Waals surface area contributed by atoms with Crippen LogP contribution < -0.4 is 0 Å². The third kappa shape index (κ3) is 7.53. The maximum atomic E-state index is 10.4. The van der Waals surface area contributed by atoms with E-state index < -0.39 is 0 Å². The fourth-order valence-corrected chi connectivity index (χ4v) is 0.475. The molecule has 0 bridgehead atoms. The van der Waals surface area contributed by atoms with Crippen molar-refractivity contribution in [3.63, 3.8) is 0 Å². The number of hydrogen-bond donors (Lipinski definition) is 0. The Hall–Kier alpha value is -1.12. The molecule has 1 heterocycles. The van der Waals surface area contributed by atoms with Crippen LogP contribution in [0, 0.1) is 0 Å². The van der Waals surface area contributed by atoms with Gasteiger partial charge in [-0.2, -0.15) is 0 Å². The smallest absolute Gasteiger partial charge is 0.253 e. The maximum Gasteiger partial charge on any atom is 0.253 e. The molecule has 0 aromatic carbocycles. The van der Waals surface area contributed by atoms with Crippen molar-refractivity contribution in [3.8, 4) is 0 Å². The first-order valence-electron chi connectivity index (χ1n) is 5.21. The van der Waals surface area contributed by atoms with Gasteiger partial charge in [0, 0.05) is 19.2 Å². The van der Waals surface area contributed by atoms with E-state index in [2.05, 4.69) is 0 Å². The van der Waals surface area contributed by atoms with Gasteiger partial charge in [0.05, 0.1) is 0 Å². The summed E-state index contributed by atoms with van der Waals surface area (Å²) < 4.78 is 0. The molecule has 0 saturated carbocycles. The highest BCUT2D eigenvalue weighted by Gasteiger charge is 2.17. The Kier molecular flexibility index (Phi) is 19.2. The minimum Gasteiger partial charge on any atom is -0.279 e. The average Bonchev–Trinajstić information content (AvgIpc) is 2.58. The molecule has 0 radical (unpaired) electrons. The highest BCUT2D eigenvalue weighted by Crippen LogP contribution is 1.97. The molecule has 0 fully saturated rings. The molecule has 0 aliphatic carbocycles. The van der Waals surface area contributed by atoms with E-state index >= 15 is 0 Å². The minimum absolute atomic E-state index is 0.241. The lowest BCUT2D eigenvalue weighted by atomic mass is 10.6. The molecule has 0 aromatic heterocycles. The topological polar surface area (TPSA) is 37.4 Å². The quantitative estimate of drug-likeness (QED) is 0.565. The largest absolute Gasteiger partial charge is 0.279 e. The zero-order valence-corrected chi connectivity index (χ0v) is 10.4. The van der Waals surface area contributed by atoms with Gasteiger partial charge >= 0.3 is 0 Å². The molecule has 84 valence electrons. The van der Waals surface area contributed by atoms with Crippen molar-refractivity contribution in [2.75, 3.05) is 7.05 Å². The van der Waals surface area contributed by atoms with E-state index in [9.17, 15) is 9.59 Å². The molecule has 0 unspecified atom stereocenters. The molecule has 1 rings (SSSR count). The van der Waals surface area contributed by atoms with Crippen molar-refractivity contribution in [1.29, 1.82) is 0 Å². The Bertz CT molecular complexity index is 156. The second-order valence-corrected chi connectivity index (χ2v) is 1.57. The summed E-state index contributed by atoms with van der Waals surface area (Å²) >= 11 is 0. The molecule has 3 nitrogen and oxygen atoms in total. The van der Waals surface area contributed by atoms with E-state index in [0.717, 1.165) is 4.90 Å². The number of imide groups is 1. The number of carbonyl (C=O) groups excluding carboxylic acids is 2. The van der Waals surface area contributed by atoms with Crippen molar-refractivity contribution in [3.05, 3.63) is 12.2 Å². The Morgan fingerprint density at radius 3 is 1.07 bits per heavy atom. The van der Waals surface area contributed by atoms with E-state index in [1.807, 2.05) is 41.5 Å². The third-order valence-electron chi connectivity index (χ3n) is 1.03. The molecule has 1 aliphatic heterocycles. The Morgan fingerprint density at radius 2 is 1.00 bits per heavy atom. The summed E-state index contributed by atoms with van der Waals surface area (Å²) in [6.45, 7) is 12.0. The van der Waals surface area contributed by atoms with Gasteiger partial charge in [0.1, 0.15) is 0 Å². The maximum absolute atomic E-state index is 10.4. The fourth-order valence-electron chi connectivity index (χ4n) is 0.475. The molecular formula is C11H23NO2. The van der Waals surface area contributed by atoms with E-state index in [1.165, 1.54) is 19.2 Å². The van der Waals surface area contributed by atoms with E-state index in [0.29, 0.717) is 0 Å². The van der Waals surface area contributed by atoms with Crippen LogP contribution in [0.15, 0.2) is 12.2 Å². The third-order valence-corrected chi connectivity index (χ3v) is 1.03. The standard InChI is InChI=1S/C5H5NO2.3C2H6/c1-6-4(7)2-3-5(6)8;3*1-2/h2-3H,1H3;3*1-2H3. The lowest BCUT2D eigenvalue weighted by Gasteiger charge is -2.01. The van der Waals surface area contributed by atoms with Gasteiger partial charge in [-0.3, -0.25) is 14.5 Å². The van der Waals surface area contributed by atoms with Gasteiger partial charge < -0.3 is 0 Å². The molecule has 0 atom stereocenters. The van der Waals surface area contributed by atoms with Crippen LogP contribution in [0.4, 0.5) is 0 Å². The van der Waals surface area contributed by atoms with E-state index in [1.54, 1.807) is 0 Å². The Balaban J connectivity index is -0.000000174. The lowest BCUT2D eigenvalue weighted by molar-refractivity contribution is -0.135. The molecular weight excluding hydrogens is 178 g/mol. The van der Waals surface area contributed by atoms with Crippen molar-refractivity contribution in [1.82, 2.24) is 4.90 Å². The summed E-state index contributed by atoms with van der Waals surface area (Å²) in [7, 11) is 1.45. The first-order valence-corrected chi connectivity index (χ1v) is 5.21. The average molecular weight is 201 g/mol. The lowest BCUT2D eigenvalue weighted by Crippen LogP contribution is -2.24. The van der Waals surface area contributed by atoms with Crippen molar-refractivity contribution in [2.24, 2.45) is 0 Å². The van der Waals surface area contributed by atoms with Crippen molar-refractivity contribution < 1.29 is 9.59 Å². The van der Waals surface area contributed by atoms with Gasteiger partial charge in [-0.25, -0.2) is 0 Å². The second kappa shape index (κ2) is 14.4. The zero-order chi connectivity index (χ0) is 12.1.